The fourth-order valence-electron chi connectivity index (χ4n) is 2.68. The molecule has 0 bridgehead atoms. The number of nitrogens with one attached hydrogen (secondary N) is 1. The van der Waals surface area contributed by atoms with E-state index < -0.39 is 5.69 Å². The molecule has 0 saturated heterocycles. The first-order valence-electron chi connectivity index (χ1n) is 8.34. The van der Waals surface area contributed by atoms with Crippen molar-refractivity contribution in [2.24, 2.45) is 13.0 Å². The van der Waals surface area contributed by atoms with Crippen molar-refractivity contribution in [3.63, 3.8) is 0 Å². The van der Waals surface area contributed by atoms with E-state index in [4.69, 9.17) is 0 Å². The molecule has 2 heterocycles. The minimum absolute atomic E-state index is 0.380. The maximum Gasteiger partial charge on any atom is 0.328 e. The number of H-pyrrole nitrogens is 1. The maximum atomic E-state index is 12.4. The van der Waals surface area contributed by atoms with Gasteiger partial charge in [-0.15, -0.1) is 11.8 Å². The second kappa shape index (κ2) is 7.31. The summed E-state index contributed by atoms with van der Waals surface area (Å²) >= 11 is 1.59. The third kappa shape index (κ3) is 3.71. The van der Waals surface area contributed by atoms with Crippen LogP contribution in [0.25, 0.3) is 11.0 Å². The molecule has 0 unspecified atom stereocenters. The Balaban J connectivity index is 2.04. The molecule has 6 nitrogen and oxygen atoms in total. The number of hydrogen-bond donors (Lipinski definition) is 1. The monoisotopic (exact) mass is 358 g/mol. The number of aromatic amines is 1. The van der Waals surface area contributed by atoms with Crippen molar-refractivity contribution in [3.8, 4) is 0 Å². The molecular formula is C18H22N4O2S. The Morgan fingerprint density at radius 3 is 2.56 bits per heavy atom. The van der Waals surface area contributed by atoms with Crippen LogP contribution >= 0.6 is 11.8 Å². The lowest BCUT2D eigenvalue weighted by atomic mass is 10.1. The molecular weight excluding hydrogens is 336 g/mol. The first kappa shape index (κ1) is 17.5. The first-order chi connectivity index (χ1) is 12.0. The van der Waals surface area contributed by atoms with E-state index in [1.165, 1.54) is 10.1 Å². The van der Waals surface area contributed by atoms with Gasteiger partial charge in [-0.2, -0.15) is 5.10 Å². The smallest absolute Gasteiger partial charge is 0.292 e. The van der Waals surface area contributed by atoms with Crippen LogP contribution in [-0.4, -0.2) is 25.1 Å². The van der Waals surface area contributed by atoms with E-state index in [0.29, 0.717) is 23.5 Å². The van der Waals surface area contributed by atoms with Gasteiger partial charge in [-0.1, -0.05) is 44.2 Å². The number of hydrogen-bond acceptors (Lipinski definition) is 4. The molecule has 0 aliphatic carbocycles. The molecule has 1 aromatic carbocycles. The largest absolute Gasteiger partial charge is 0.328 e. The molecule has 0 fully saturated rings. The Hall–Kier alpha value is -2.28. The lowest BCUT2D eigenvalue weighted by Gasteiger charge is -2.04. The zero-order valence-electron chi connectivity index (χ0n) is 14.7. The van der Waals surface area contributed by atoms with Gasteiger partial charge in [-0.05, 0) is 17.9 Å². The molecule has 7 heteroatoms. The zero-order chi connectivity index (χ0) is 18.0. The SMILES string of the molecule is CC(C)CSc1nn(CCc2ccccc2)c2c(=O)[nH]c(=O)n(C)c12. The van der Waals surface area contributed by atoms with E-state index in [1.807, 2.05) is 18.2 Å². The first-order valence-corrected chi connectivity index (χ1v) is 9.32. The van der Waals surface area contributed by atoms with Gasteiger partial charge >= 0.3 is 5.69 Å². The molecule has 0 aliphatic heterocycles. The summed E-state index contributed by atoms with van der Waals surface area (Å²) in [5, 5.41) is 5.38. The predicted molar refractivity (Wildman–Crippen MR) is 101 cm³/mol. The molecule has 3 rings (SSSR count). The molecule has 0 amide bonds. The van der Waals surface area contributed by atoms with E-state index >= 15 is 0 Å². The normalized spacial score (nSPS) is 11.5. The van der Waals surface area contributed by atoms with Crippen LogP contribution in [0.15, 0.2) is 44.9 Å². The van der Waals surface area contributed by atoms with Gasteiger partial charge in [0.15, 0.2) is 5.52 Å². The van der Waals surface area contributed by atoms with Crippen molar-refractivity contribution in [1.82, 2.24) is 19.3 Å². The standard InChI is InChI=1S/C18H22N4O2S/c1-12(2)11-25-17-15-14(16(23)19-18(24)21(15)3)22(20-17)10-9-13-7-5-4-6-8-13/h4-8,12H,9-11H2,1-3H3,(H,19,23,24). The summed E-state index contributed by atoms with van der Waals surface area (Å²) in [4.78, 5) is 26.8. The number of fused-ring (bicyclic) bond motifs is 1. The van der Waals surface area contributed by atoms with Gasteiger partial charge in [-0.25, -0.2) is 4.79 Å². The van der Waals surface area contributed by atoms with Gasteiger partial charge in [0.25, 0.3) is 5.56 Å². The quantitative estimate of drug-likeness (QED) is 0.687. The molecule has 0 saturated carbocycles. The van der Waals surface area contributed by atoms with Gasteiger partial charge in [0.1, 0.15) is 10.5 Å². The summed E-state index contributed by atoms with van der Waals surface area (Å²) in [6.45, 7) is 4.85. The minimum atomic E-state index is -0.411. The van der Waals surface area contributed by atoms with Crippen LogP contribution in [0.1, 0.15) is 19.4 Å². The van der Waals surface area contributed by atoms with Crippen molar-refractivity contribution in [2.75, 3.05) is 5.75 Å². The number of aryl methyl sites for hydroxylation is 3. The van der Waals surface area contributed by atoms with E-state index in [1.54, 1.807) is 23.5 Å². The lowest BCUT2D eigenvalue weighted by Crippen LogP contribution is -2.29. The third-order valence-corrected chi connectivity index (χ3v) is 5.36. The number of aromatic nitrogens is 4. The van der Waals surface area contributed by atoms with Gasteiger partial charge in [0.2, 0.25) is 0 Å². The van der Waals surface area contributed by atoms with Crippen LogP contribution in [0, 0.1) is 5.92 Å². The van der Waals surface area contributed by atoms with E-state index in [0.717, 1.165) is 17.2 Å². The summed E-state index contributed by atoms with van der Waals surface area (Å²) in [6.07, 6.45) is 0.772. The van der Waals surface area contributed by atoms with Gasteiger partial charge in [0.05, 0.1) is 0 Å². The molecule has 0 radical (unpaired) electrons. The topological polar surface area (TPSA) is 72.7 Å². The van der Waals surface area contributed by atoms with Crippen molar-refractivity contribution in [2.45, 2.75) is 31.8 Å². The van der Waals surface area contributed by atoms with E-state index in [9.17, 15) is 9.59 Å². The Morgan fingerprint density at radius 2 is 1.88 bits per heavy atom. The molecule has 1 N–H and O–H groups in total. The van der Waals surface area contributed by atoms with E-state index in [2.05, 4.69) is 36.1 Å². The van der Waals surface area contributed by atoms with Gasteiger partial charge in [0, 0.05) is 19.3 Å². The second-order valence-electron chi connectivity index (χ2n) is 6.48. The highest BCUT2D eigenvalue weighted by Crippen LogP contribution is 2.26. The van der Waals surface area contributed by atoms with Crippen molar-refractivity contribution < 1.29 is 0 Å². The number of benzene rings is 1. The van der Waals surface area contributed by atoms with Crippen molar-refractivity contribution >= 4 is 22.8 Å². The average molecular weight is 358 g/mol. The van der Waals surface area contributed by atoms with E-state index in [-0.39, 0.29) is 5.56 Å². The summed E-state index contributed by atoms with van der Waals surface area (Å²) < 4.78 is 3.20. The van der Waals surface area contributed by atoms with Crippen LogP contribution in [0.3, 0.4) is 0 Å². The minimum Gasteiger partial charge on any atom is -0.292 e. The van der Waals surface area contributed by atoms with Crippen LogP contribution in [0.4, 0.5) is 0 Å². The second-order valence-corrected chi connectivity index (χ2v) is 7.49. The Kier molecular flexibility index (Phi) is 5.13. The highest BCUT2D eigenvalue weighted by atomic mass is 32.2. The Bertz CT molecular complexity index is 986. The van der Waals surface area contributed by atoms with Crippen LogP contribution in [0.2, 0.25) is 0 Å². The lowest BCUT2D eigenvalue weighted by molar-refractivity contribution is 0.616. The molecule has 132 valence electrons. The molecule has 0 aliphatic rings. The van der Waals surface area contributed by atoms with Crippen LogP contribution < -0.4 is 11.2 Å². The summed E-state index contributed by atoms with van der Waals surface area (Å²) in [5.74, 6) is 1.37. The summed E-state index contributed by atoms with van der Waals surface area (Å²) in [6, 6.07) is 10.1. The Labute approximate surface area is 149 Å². The summed E-state index contributed by atoms with van der Waals surface area (Å²) in [7, 11) is 1.67. The number of thioether (sulfide) groups is 1. The molecule has 3 aromatic rings. The van der Waals surface area contributed by atoms with Crippen LogP contribution in [-0.2, 0) is 20.0 Å². The van der Waals surface area contributed by atoms with Crippen molar-refractivity contribution in [3.05, 3.63) is 56.7 Å². The fourth-order valence-corrected chi connectivity index (χ4v) is 3.70. The number of nitrogens with zero attached hydrogens (tertiary/aromatic N) is 3. The predicted octanol–water partition coefficient (Wildman–Crippen LogP) is 2.41. The number of rotatable bonds is 6. The molecule has 0 spiro atoms. The molecule has 0 atom stereocenters. The zero-order valence-corrected chi connectivity index (χ0v) is 15.5. The van der Waals surface area contributed by atoms with Gasteiger partial charge < -0.3 is 0 Å². The highest BCUT2D eigenvalue weighted by Gasteiger charge is 2.18. The molecule has 2 aromatic heterocycles. The highest BCUT2D eigenvalue weighted by molar-refractivity contribution is 7.99. The Morgan fingerprint density at radius 1 is 1.16 bits per heavy atom. The third-order valence-electron chi connectivity index (χ3n) is 3.98. The van der Waals surface area contributed by atoms with Crippen LogP contribution in [0.5, 0.6) is 0 Å². The maximum absolute atomic E-state index is 12.4. The van der Waals surface area contributed by atoms with Gasteiger partial charge in [-0.3, -0.25) is 19.0 Å². The average Bonchev–Trinajstić information content (AvgIpc) is 2.96. The fraction of sp³-hybridized carbons (Fsp3) is 0.389. The summed E-state index contributed by atoms with van der Waals surface area (Å²) in [5.41, 5.74) is 1.47. The van der Waals surface area contributed by atoms with Crippen molar-refractivity contribution in [1.29, 1.82) is 0 Å². The molecule has 25 heavy (non-hydrogen) atoms.